The van der Waals surface area contributed by atoms with Crippen LogP contribution in [0.15, 0.2) is 12.1 Å². The number of halogens is 2. The van der Waals surface area contributed by atoms with E-state index in [4.69, 9.17) is 16.3 Å². The zero-order valence-corrected chi connectivity index (χ0v) is 20.0. The molecule has 0 spiro atoms. The Morgan fingerprint density at radius 2 is 1.50 bits per heavy atom. The third-order valence-corrected chi connectivity index (χ3v) is 8.25. The van der Waals surface area contributed by atoms with Crippen LogP contribution < -0.4 is 4.74 Å². The number of hydrogen-bond donors (Lipinski definition) is 0. The first-order valence-electron chi connectivity index (χ1n) is 12.7. The van der Waals surface area contributed by atoms with Crippen molar-refractivity contribution in [1.29, 1.82) is 0 Å². The van der Waals surface area contributed by atoms with Gasteiger partial charge in [0, 0.05) is 0 Å². The summed E-state index contributed by atoms with van der Waals surface area (Å²) in [6.45, 7) is 4.61. The molecule has 0 bridgehead atoms. The number of rotatable bonds is 10. The molecule has 30 heavy (non-hydrogen) atoms. The second kappa shape index (κ2) is 12.3. The van der Waals surface area contributed by atoms with E-state index in [1.54, 1.807) is 6.07 Å². The first-order chi connectivity index (χ1) is 14.6. The predicted octanol–water partition coefficient (Wildman–Crippen LogP) is 9.32. The third kappa shape index (κ3) is 6.38. The van der Waals surface area contributed by atoms with Crippen molar-refractivity contribution in [2.24, 2.45) is 17.8 Å². The lowest BCUT2D eigenvalue weighted by Gasteiger charge is -2.38. The Labute approximate surface area is 189 Å². The van der Waals surface area contributed by atoms with Crippen LogP contribution in [0.2, 0.25) is 5.02 Å². The highest BCUT2D eigenvalue weighted by Gasteiger charge is 2.32. The molecule has 170 valence electrons. The molecule has 0 radical (unpaired) electrons. The Morgan fingerprint density at radius 1 is 0.867 bits per heavy atom. The molecule has 0 aromatic heterocycles. The zero-order chi connectivity index (χ0) is 21.3. The number of hydrogen-bond acceptors (Lipinski definition) is 1. The summed E-state index contributed by atoms with van der Waals surface area (Å²) in [5, 5.41) is 0.281. The Hall–Kier alpha value is -0.760. The number of unbranched alkanes of at least 4 members (excludes halogenated alkanes) is 4. The second-order valence-corrected chi connectivity index (χ2v) is 10.2. The van der Waals surface area contributed by atoms with E-state index in [-0.39, 0.29) is 16.6 Å². The lowest BCUT2D eigenvalue weighted by molar-refractivity contribution is 0.155. The highest BCUT2D eigenvalue weighted by molar-refractivity contribution is 6.31. The molecule has 0 unspecified atom stereocenters. The molecule has 2 fully saturated rings. The van der Waals surface area contributed by atoms with Crippen LogP contribution in [-0.2, 0) is 0 Å². The molecule has 1 aromatic rings. The average molecular weight is 437 g/mol. The van der Waals surface area contributed by atoms with E-state index in [9.17, 15) is 4.39 Å². The van der Waals surface area contributed by atoms with E-state index in [0.717, 1.165) is 36.2 Å². The highest BCUT2D eigenvalue weighted by atomic mass is 35.5. The van der Waals surface area contributed by atoms with Gasteiger partial charge in [-0.2, -0.15) is 0 Å². The van der Waals surface area contributed by atoms with E-state index >= 15 is 0 Å². The van der Waals surface area contributed by atoms with Gasteiger partial charge in [0.1, 0.15) is 0 Å². The van der Waals surface area contributed by atoms with Crippen molar-refractivity contribution >= 4 is 11.6 Å². The molecular formula is C27H42ClFO. The maximum Gasteiger partial charge on any atom is 0.183 e. The molecule has 0 N–H and O–H groups in total. The molecule has 3 rings (SSSR count). The topological polar surface area (TPSA) is 9.23 Å². The first kappa shape index (κ1) is 23.9. The molecular weight excluding hydrogens is 395 g/mol. The van der Waals surface area contributed by atoms with Gasteiger partial charge in [-0.3, -0.25) is 0 Å². The fourth-order valence-corrected chi connectivity index (χ4v) is 6.33. The Morgan fingerprint density at radius 3 is 2.13 bits per heavy atom. The van der Waals surface area contributed by atoms with Crippen LogP contribution in [0.3, 0.4) is 0 Å². The molecule has 3 heteroatoms. The van der Waals surface area contributed by atoms with Crippen LogP contribution in [0.1, 0.15) is 115 Å². The maximum atomic E-state index is 14.5. The summed E-state index contributed by atoms with van der Waals surface area (Å²) in [5.74, 6) is 3.09. The predicted molar refractivity (Wildman–Crippen MR) is 126 cm³/mol. The number of benzene rings is 1. The van der Waals surface area contributed by atoms with E-state index in [1.165, 1.54) is 77.0 Å². The zero-order valence-electron chi connectivity index (χ0n) is 19.2. The van der Waals surface area contributed by atoms with Crippen molar-refractivity contribution < 1.29 is 9.13 Å². The van der Waals surface area contributed by atoms with Gasteiger partial charge < -0.3 is 4.74 Å². The Bertz CT molecular complexity index is 630. The first-order valence-corrected chi connectivity index (χ1v) is 13.1. The summed E-state index contributed by atoms with van der Waals surface area (Å²) in [6, 6.07) is 3.75. The van der Waals surface area contributed by atoms with Crippen molar-refractivity contribution in [2.75, 3.05) is 6.61 Å². The lowest BCUT2D eigenvalue weighted by atomic mass is 9.68. The summed E-state index contributed by atoms with van der Waals surface area (Å²) >= 11 is 6.38. The van der Waals surface area contributed by atoms with Gasteiger partial charge in [0.05, 0.1) is 11.6 Å². The molecule has 0 aliphatic heterocycles. The second-order valence-electron chi connectivity index (χ2n) is 9.81. The van der Waals surface area contributed by atoms with Crippen LogP contribution in [0.4, 0.5) is 4.39 Å². The summed E-state index contributed by atoms with van der Waals surface area (Å²) in [5.41, 5.74) is 0.989. The van der Waals surface area contributed by atoms with Gasteiger partial charge in [-0.25, -0.2) is 4.39 Å². The van der Waals surface area contributed by atoms with Crippen molar-refractivity contribution in [2.45, 2.75) is 110 Å². The van der Waals surface area contributed by atoms with Gasteiger partial charge in [-0.15, -0.1) is 0 Å². The average Bonchev–Trinajstić information content (AvgIpc) is 2.78. The van der Waals surface area contributed by atoms with Crippen molar-refractivity contribution in [3.63, 3.8) is 0 Å². The summed E-state index contributed by atoms with van der Waals surface area (Å²) < 4.78 is 19.8. The van der Waals surface area contributed by atoms with Crippen LogP contribution in [0, 0.1) is 23.6 Å². The third-order valence-electron chi connectivity index (χ3n) is 7.86. The number of ether oxygens (including phenoxy) is 1. The molecule has 0 atom stereocenters. The fourth-order valence-electron chi connectivity index (χ4n) is 6.02. The quantitative estimate of drug-likeness (QED) is 0.332. The van der Waals surface area contributed by atoms with Gasteiger partial charge in [-0.1, -0.05) is 76.0 Å². The minimum Gasteiger partial charge on any atom is -0.491 e. The van der Waals surface area contributed by atoms with E-state index in [0.29, 0.717) is 12.5 Å². The summed E-state index contributed by atoms with van der Waals surface area (Å²) in [4.78, 5) is 0. The fraction of sp³-hybridized carbons (Fsp3) is 0.778. The highest BCUT2D eigenvalue weighted by Crippen LogP contribution is 2.46. The van der Waals surface area contributed by atoms with Gasteiger partial charge in [0.25, 0.3) is 0 Å². The molecule has 1 aromatic carbocycles. The smallest absolute Gasteiger partial charge is 0.183 e. The Kier molecular flexibility index (Phi) is 9.81. The largest absolute Gasteiger partial charge is 0.491 e. The molecule has 2 aliphatic carbocycles. The molecule has 2 saturated carbocycles. The van der Waals surface area contributed by atoms with Crippen LogP contribution in [-0.4, -0.2) is 6.61 Å². The minimum absolute atomic E-state index is 0.280. The minimum atomic E-state index is -0.383. The maximum absolute atomic E-state index is 14.5. The SMILES string of the molecule is CCCCCCCC1CCC(C2CCC(c3ccc(OCC)c(F)c3Cl)CC2)CC1. The lowest BCUT2D eigenvalue weighted by Crippen LogP contribution is -2.25. The normalized spacial score (nSPS) is 27.2. The molecule has 0 saturated heterocycles. The van der Waals surface area contributed by atoms with Gasteiger partial charge >= 0.3 is 0 Å². The van der Waals surface area contributed by atoms with Crippen molar-refractivity contribution in [1.82, 2.24) is 0 Å². The van der Waals surface area contributed by atoms with Crippen molar-refractivity contribution in [3.05, 3.63) is 28.5 Å². The Balaban J connectivity index is 1.42. The van der Waals surface area contributed by atoms with Gasteiger partial charge in [0.2, 0.25) is 0 Å². The van der Waals surface area contributed by atoms with Crippen LogP contribution >= 0.6 is 11.6 Å². The summed E-state index contributed by atoms with van der Waals surface area (Å²) in [6.07, 6.45) is 19.2. The van der Waals surface area contributed by atoms with Crippen molar-refractivity contribution in [3.8, 4) is 5.75 Å². The van der Waals surface area contributed by atoms with Crippen LogP contribution in [0.25, 0.3) is 0 Å². The van der Waals surface area contributed by atoms with E-state index in [1.807, 2.05) is 13.0 Å². The van der Waals surface area contributed by atoms with E-state index in [2.05, 4.69) is 6.92 Å². The molecule has 0 heterocycles. The van der Waals surface area contributed by atoms with E-state index < -0.39 is 0 Å². The molecule has 2 aliphatic rings. The summed E-state index contributed by atoms with van der Waals surface area (Å²) in [7, 11) is 0. The molecule has 1 nitrogen and oxygen atoms in total. The standard InChI is InChI=1S/C27H42ClFO/c1-3-5-6-7-8-9-20-10-12-21(13-11-20)22-14-16-23(17-15-22)24-18-19-25(30-4-2)27(29)26(24)28/h18-23H,3-17H2,1-2H3. The van der Waals surface area contributed by atoms with Gasteiger partial charge in [0.15, 0.2) is 11.6 Å². The monoisotopic (exact) mass is 436 g/mol. The molecule has 0 amide bonds. The van der Waals surface area contributed by atoms with Gasteiger partial charge in [-0.05, 0) is 80.8 Å². The van der Waals surface area contributed by atoms with Crippen LogP contribution in [0.5, 0.6) is 5.75 Å².